The summed E-state index contributed by atoms with van der Waals surface area (Å²) in [5, 5.41) is 5.24. The third-order valence-electron chi connectivity index (χ3n) is 5.88. The van der Waals surface area contributed by atoms with Gasteiger partial charge in [0.1, 0.15) is 11.2 Å². The zero-order chi connectivity index (χ0) is 23.1. The van der Waals surface area contributed by atoms with Crippen molar-refractivity contribution in [3.05, 3.63) is 76.5 Å². The Morgan fingerprint density at radius 3 is 2.70 bits per heavy atom. The third-order valence-corrected chi connectivity index (χ3v) is 6.97. The first-order valence-corrected chi connectivity index (χ1v) is 11.7. The summed E-state index contributed by atoms with van der Waals surface area (Å²) in [4.78, 5) is 33.0. The standard InChI is InChI=1S/C24H22FN5O2S/c1-3-28(20-7-5-4-6-15(20)2)21(31)12-18-14-33-24-27-22-19(23(32)29(18)24)13-26-30(22)17-10-8-16(25)9-11-17/h4-11,13,18H,3,12,14H2,1-2H3. The van der Waals surface area contributed by atoms with E-state index < -0.39 is 0 Å². The van der Waals surface area contributed by atoms with Gasteiger partial charge in [-0.3, -0.25) is 14.2 Å². The van der Waals surface area contributed by atoms with Gasteiger partial charge in [-0.1, -0.05) is 30.0 Å². The van der Waals surface area contributed by atoms with Crippen molar-refractivity contribution in [2.24, 2.45) is 0 Å². The van der Waals surface area contributed by atoms with Crippen molar-refractivity contribution in [1.82, 2.24) is 19.3 Å². The van der Waals surface area contributed by atoms with Crippen LogP contribution in [0.15, 0.2) is 64.7 Å². The third kappa shape index (κ3) is 3.72. The van der Waals surface area contributed by atoms with Gasteiger partial charge in [-0.2, -0.15) is 5.10 Å². The maximum atomic E-state index is 13.3. The summed E-state index contributed by atoms with van der Waals surface area (Å²) in [6.45, 7) is 4.48. The highest BCUT2D eigenvalue weighted by Crippen LogP contribution is 2.34. The number of carbonyl (C=O) groups is 1. The molecule has 0 spiro atoms. The van der Waals surface area contributed by atoms with Crippen LogP contribution < -0.4 is 10.5 Å². The number of thioether (sulfide) groups is 1. The highest BCUT2D eigenvalue weighted by Gasteiger charge is 2.31. The molecule has 1 atom stereocenters. The van der Waals surface area contributed by atoms with Gasteiger partial charge in [-0.05, 0) is 49.7 Å². The Morgan fingerprint density at radius 1 is 1.21 bits per heavy atom. The molecule has 4 aromatic rings. The van der Waals surface area contributed by atoms with Gasteiger partial charge in [0.15, 0.2) is 10.8 Å². The van der Waals surface area contributed by atoms with E-state index in [1.165, 1.54) is 34.8 Å². The summed E-state index contributed by atoms with van der Waals surface area (Å²) in [6.07, 6.45) is 1.69. The van der Waals surface area contributed by atoms with Gasteiger partial charge in [-0.25, -0.2) is 14.1 Å². The maximum absolute atomic E-state index is 13.3. The number of nitrogens with zero attached hydrogens (tertiary/aromatic N) is 5. The van der Waals surface area contributed by atoms with E-state index in [-0.39, 0.29) is 29.7 Å². The van der Waals surface area contributed by atoms with Crippen LogP contribution in [0.1, 0.15) is 24.9 Å². The molecule has 168 valence electrons. The van der Waals surface area contributed by atoms with E-state index in [9.17, 15) is 14.0 Å². The summed E-state index contributed by atoms with van der Waals surface area (Å²) in [5.41, 5.74) is 2.74. The molecule has 0 fully saturated rings. The molecular formula is C24H22FN5O2S. The summed E-state index contributed by atoms with van der Waals surface area (Å²) >= 11 is 1.45. The van der Waals surface area contributed by atoms with Crippen molar-refractivity contribution in [2.75, 3.05) is 17.2 Å². The molecule has 3 heterocycles. The molecule has 0 N–H and O–H groups in total. The van der Waals surface area contributed by atoms with E-state index in [0.717, 1.165) is 11.3 Å². The molecule has 33 heavy (non-hydrogen) atoms. The van der Waals surface area contributed by atoms with E-state index in [0.29, 0.717) is 34.2 Å². The summed E-state index contributed by atoms with van der Waals surface area (Å²) < 4.78 is 16.5. The number of carbonyl (C=O) groups excluding carboxylic acids is 1. The second-order valence-electron chi connectivity index (χ2n) is 7.93. The first-order chi connectivity index (χ1) is 16.0. The number of rotatable bonds is 5. The molecule has 5 rings (SSSR count). The number of hydrogen-bond donors (Lipinski definition) is 0. The normalized spacial score (nSPS) is 15.1. The fourth-order valence-electron chi connectivity index (χ4n) is 4.21. The Labute approximate surface area is 193 Å². The molecule has 1 aliphatic rings. The lowest BCUT2D eigenvalue weighted by molar-refractivity contribution is -0.119. The van der Waals surface area contributed by atoms with E-state index in [1.807, 2.05) is 38.1 Å². The van der Waals surface area contributed by atoms with E-state index >= 15 is 0 Å². The van der Waals surface area contributed by atoms with Crippen molar-refractivity contribution in [3.8, 4) is 5.69 Å². The first-order valence-electron chi connectivity index (χ1n) is 10.7. The van der Waals surface area contributed by atoms with Gasteiger partial charge in [-0.15, -0.1) is 0 Å². The average molecular weight is 464 g/mol. The van der Waals surface area contributed by atoms with Crippen LogP contribution in [0.4, 0.5) is 10.1 Å². The zero-order valence-electron chi connectivity index (χ0n) is 18.2. The number of amides is 1. The second kappa shape index (κ2) is 8.47. The topological polar surface area (TPSA) is 73.0 Å². The highest BCUT2D eigenvalue weighted by atomic mass is 32.2. The van der Waals surface area contributed by atoms with Crippen LogP contribution in [0.5, 0.6) is 0 Å². The van der Waals surface area contributed by atoms with Crippen molar-refractivity contribution in [3.63, 3.8) is 0 Å². The number of aryl methyl sites for hydroxylation is 1. The molecule has 2 aromatic heterocycles. The lowest BCUT2D eigenvalue weighted by Crippen LogP contribution is -2.35. The van der Waals surface area contributed by atoms with E-state index in [2.05, 4.69) is 10.1 Å². The zero-order valence-corrected chi connectivity index (χ0v) is 19.1. The van der Waals surface area contributed by atoms with Gasteiger partial charge >= 0.3 is 0 Å². The number of aromatic nitrogens is 4. The number of fused-ring (bicyclic) bond motifs is 2. The smallest absolute Gasteiger partial charge is 0.265 e. The molecule has 0 radical (unpaired) electrons. The first kappa shape index (κ1) is 21.4. The maximum Gasteiger partial charge on any atom is 0.265 e. The Morgan fingerprint density at radius 2 is 1.97 bits per heavy atom. The Bertz CT molecular complexity index is 1410. The molecular weight excluding hydrogens is 441 g/mol. The SMILES string of the molecule is CCN(C(=O)CC1CSc2nc3c(cnn3-c3ccc(F)cc3)c(=O)n21)c1ccccc1C. The largest absolute Gasteiger partial charge is 0.312 e. The molecule has 1 aliphatic heterocycles. The predicted molar refractivity (Wildman–Crippen MR) is 127 cm³/mol. The fourth-order valence-corrected chi connectivity index (χ4v) is 5.34. The lowest BCUT2D eigenvalue weighted by atomic mass is 10.1. The van der Waals surface area contributed by atoms with Crippen LogP contribution in [-0.2, 0) is 4.79 Å². The van der Waals surface area contributed by atoms with Crippen molar-refractivity contribution < 1.29 is 9.18 Å². The van der Waals surface area contributed by atoms with E-state index in [1.54, 1.807) is 21.6 Å². The van der Waals surface area contributed by atoms with Gasteiger partial charge in [0, 0.05) is 24.4 Å². The number of benzene rings is 2. The van der Waals surface area contributed by atoms with Gasteiger partial charge in [0.05, 0.1) is 17.9 Å². The van der Waals surface area contributed by atoms with Crippen molar-refractivity contribution in [1.29, 1.82) is 0 Å². The number of para-hydroxylation sites is 1. The van der Waals surface area contributed by atoms with Crippen LogP contribution in [-0.4, -0.2) is 37.5 Å². The minimum atomic E-state index is -0.348. The molecule has 1 amide bonds. The van der Waals surface area contributed by atoms with Crippen molar-refractivity contribution >= 4 is 34.4 Å². The molecule has 0 aliphatic carbocycles. The molecule has 1 unspecified atom stereocenters. The van der Waals surface area contributed by atoms with Crippen LogP contribution in [0, 0.1) is 12.7 Å². The lowest BCUT2D eigenvalue weighted by Gasteiger charge is -2.24. The highest BCUT2D eigenvalue weighted by molar-refractivity contribution is 7.99. The molecule has 0 saturated carbocycles. The van der Waals surface area contributed by atoms with Crippen LogP contribution in [0.25, 0.3) is 16.7 Å². The molecule has 9 heteroatoms. The van der Waals surface area contributed by atoms with Gasteiger partial charge < -0.3 is 4.90 Å². The number of halogens is 1. The van der Waals surface area contributed by atoms with Crippen LogP contribution in [0.2, 0.25) is 0 Å². The number of anilines is 1. The van der Waals surface area contributed by atoms with Gasteiger partial charge in [0.2, 0.25) is 5.91 Å². The Kier molecular flexibility index (Phi) is 5.49. The quantitative estimate of drug-likeness (QED) is 0.417. The average Bonchev–Trinajstić information content (AvgIpc) is 3.41. The van der Waals surface area contributed by atoms with Crippen LogP contribution in [0.3, 0.4) is 0 Å². The fraction of sp³-hybridized carbons (Fsp3) is 0.250. The molecule has 7 nitrogen and oxygen atoms in total. The summed E-state index contributed by atoms with van der Waals surface area (Å²) in [5.74, 6) is 0.217. The molecule has 2 aromatic carbocycles. The van der Waals surface area contributed by atoms with Crippen LogP contribution >= 0.6 is 11.8 Å². The second-order valence-corrected chi connectivity index (χ2v) is 8.92. The monoisotopic (exact) mass is 463 g/mol. The Hall–Kier alpha value is -3.46. The number of hydrogen-bond acceptors (Lipinski definition) is 5. The predicted octanol–water partition coefficient (Wildman–Crippen LogP) is 4.12. The Balaban J connectivity index is 1.48. The summed E-state index contributed by atoms with van der Waals surface area (Å²) in [7, 11) is 0. The van der Waals surface area contributed by atoms with E-state index in [4.69, 9.17) is 0 Å². The molecule has 0 saturated heterocycles. The van der Waals surface area contributed by atoms with Crippen molar-refractivity contribution in [2.45, 2.75) is 31.5 Å². The minimum Gasteiger partial charge on any atom is -0.312 e. The minimum absolute atomic E-state index is 0.0285. The molecule has 0 bridgehead atoms. The summed E-state index contributed by atoms with van der Waals surface area (Å²) in [6, 6.07) is 13.4. The van der Waals surface area contributed by atoms with Gasteiger partial charge in [0.25, 0.3) is 5.56 Å².